The van der Waals surface area contributed by atoms with Crippen molar-refractivity contribution in [1.82, 2.24) is 9.97 Å². The highest BCUT2D eigenvalue weighted by Crippen LogP contribution is 2.28. The first-order valence-electron chi connectivity index (χ1n) is 9.88. The number of nitrogens with zero attached hydrogens (tertiary/aromatic N) is 2. The lowest BCUT2D eigenvalue weighted by molar-refractivity contribution is 0.855. The van der Waals surface area contributed by atoms with E-state index in [0.717, 1.165) is 47.7 Å². The van der Waals surface area contributed by atoms with Crippen LogP contribution in [0.25, 0.3) is 21.3 Å². The smallest absolute Gasteiger partial charge is 0.138 e. The van der Waals surface area contributed by atoms with E-state index < -0.39 is 0 Å². The molecular weight excluding hydrogens is 362 g/mol. The Balaban J connectivity index is 1.36. The molecule has 0 saturated carbocycles. The fourth-order valence-electron chi connectivity index (χ4n) is 3.37. The van der Waals surface area contributed by atoms with Crippen LogP contribution < -0.4 is 5.32 Å². The summed E-state index contributed by atoms with van der Waals surface area (Å²) in [6.45, 7) is 5.13. The molecule has 4 rings (SSSR count). The molecule has 28 heavy (non-hydrogen) atoms. The van der Waals surface area contributed by atoms with Gasteiger partial charge in [0.2, 0.25) is 0 Å². The Labute approximate surface area is 170 Å². The number of hydrogen-bond donors (Lipinski definition) is 1. The van der Waals surface area contributed by atoms with Gasteiger partial charge in [0.15, 0.2) is 0 Å². The summed E-state index contributed by atoms with van der Waals surface area (Å²) in [7, 11) is 0. The molecule has 0 aliphatic carbocycles. The Morgan fingerprint density at radius 2 is 1.68 bits per heavy atom. The fraction of sp³-hybridized carbons (Fsp3) is 0.250. The molecule has 4 aromatic rings. The largest absolute Gasteiger partial charge is 0.369 e. The zero-order valence-electron chi connectivity index (χ0n) is 16.4. The van der Waals surface area contributed by atoms with Crippen molar-refractivity contribution >= 4 is 27.4 Å². The number of nitrogens with one attached hydrogen (secondary N) is 1. The van der Waals surface area contributed by atoms with Crippen LogP contribution in [0.5, 0.6) is 0 Å². The summed E-state index contributed by atoms with van der Waals surface area (Å²) in [5.41, 5.74) is 3.90. The number of anilines is 1. The molecule has 3 nitrogen and oxygen atoms in total. The zero-order valence-corrected chi connectivity index (χ0v) is 17.2. The van der Waals surface area contributed by atoms with Crippen molar-refractivity contribution in [3.05, 3.63) is 76.9 Å². The second kappa shape index (κ2) is 8.53. The van der Waals surface area contributed by atoms with Gasteiger partial charge in [-0.2, -0.15) is 0 Å². The third-order valence-electron chi connectivity index (χ3n) is 4.87. The highest BCUT2D eigenvalue weighted by atomic mass is 32.1. The Morgan fingerprint density at radius 3 is 2.43 bits per heavy atom. The second-order valence-corrected chi connectivity index (χ2v) is 8.25. The predicted molar refractivity (Wildman–Crippen MR) is 120 cm³/mol. The SMILES string of the molecule is CCc1nc(NCCCc2ccc(-c3ccccc3)cc2)c2cc(C)sc2n1. The van der Waals surface area contributed by atoms with Gasteiger partial charge < -0.3 is 5.32 Å². The molecule has 2 heterocycles. The number of fused-ring (bicyclic) bond motifs is 1. The van der Waals surface area contributed by atoms with Crippen LogP contribution in [-0.4, -0.2) is 16.5 Å². The highest BCUT2D eigenvalue weighted by molar-refractivity contribution is 7.18. The molecule has 0 aliphatic heterocycles. The molecule has 4 heteroatoms. The molecule has 0 bridgehead atoms. The van der Waals surface area contributed by atoms with Gasteiger partial charge in [-0.05, 0) is 42.5 Å². The molecule has 0 aliphatic rings. The maximum atomic E-state index is 4.71. The standard InChI is InChI=1S/C24H25N3S/c1-3-22-26-23(21-16-17(2)28-24(21)27-22)25-15-7-8-18-11-13-20(14-12-18)19-9-5-4-6-10-19/h4-6,9-14,16H,3,7-8,15H2,1-2H3,(H,25,26,27). The Kier molecular flexibility index (Phi) is 5.68. The molecule has 0 fully saturated rings. The third kappa shape index (κ3) is 4.23. The minimum absolute atomic E-state index is 0.856. The minimum Gasteiger partial charge on any atom is -0.369 e. The van der Waals surface area contributed by atoms with Gasteiger partial charge in [-0.1, -0.05) is 61.5 Å². The summed E-state index contributed by atoms with van der Waals surface area (Å²) >= 11 is 1.74. The molecule has 0 spiro atoms. The average molecular weight is 388 g/mol. The van der Waals surface area contributed by atoms with E-state index in [4.69, 9.17) is 4.98 Å². The molecule has 0 atom stereocenters. The topological polar surface area (TPSA) is 37.8 Å². The molecule has 0 radical (unpaired) electrons. The van der Waals surface area contributed by atoms with Crippen molar-refractivity contribution in [3.8, 4) is 11.1 Å². The van der Waals surface area contributed by atoms with Gasteiger partial charge in [0.05, 0.1) is 5.39 Å². The van der Waals surface area contributed by atoms with E-state index in [0.29, 0.717) is 0 Å². The van der Waals surface area contributed by atoms with Crippen LogP contribution >= 0.6 is 11.3 Å². The van der Waals surface area contributed by atoms with Crippen LogP contribution in [0.2, 0.25) is 0 Å². The van der Waals surface area contributed by atoms with Crippen molar-refractivity contribution in [3.63, 3.8) is 0 Å². The van der Waals surface area contributed by atoms with Crippen LogP contribution in [0.4, 0.5) is 5.82 Å². The van der Waals surface area contributed by atoms with E-state index in [9.17, 15) is 0 Å². The summed E-state index contributed by atoms with van der Waals surface area (Å²) in [6, 6.07) is 21.6. The summed E-state index contributed by atoms with van der Waals surface area (Å²) in [5, 5.41) is 4.68. The zero-order chi connectivity index (χ0) is 19.3. The molecular formula is C24H25N3S. The maximum absolute atomic E-state index is 4.71. The van der Waals surface area contributed by atoms with E-state index in [1.165, 1.54) is 21.6 Å². The number of aromatic nitrogens is 2. The van der Waals surface area contributed by atoms with Crippen LogP contribution in [0.3, 0.4) is 0 Å². The first-order valence-corrected chi connectivity index (χ1v) is 10.7. The van der Waals surface area contributed by atoms with Crippen molar-refractivity contribution in [2.24, 2.45) is 0 Å². The van der Waals surface area contributed by atoms with Crippen molar-refractivity contribution in [2.45, 2.75) is 33.1 Å². The number of hydrogen-bond acceptors (Lipinski definition) is 4. The summed E-state index contributed by atoms with van der Waals surface area (Å²) < 4.78 is 0. The van der Waals surface area contributed by atoms with E-state index in [1.54, 1.807) is 11.3 Å². The van der Waals surface area contributed by atoms with Gasteiger partial charge in [0, 0.05) is 17.8 Å². The minimum atomic E-state index is 0.856. The number of thiophene rings is 1. The van der Waals surface area contributed by atoms with Crippen LogP contribution in [0.1, 0.15) is 29.6 Å². The second-order valence-electron chi connectivity index (χ2n) is 7.01. The lowest BCUT2D eigenvalue weighted by Crippen LogP contribution is -2.07. The van der Waals surface area contributed by atoms with Gasteiger partial charge >= 0.3 is 0 Å². The molecule has 2 aromatic carbocycles. The first-order chi connectivity index (χ1) is 13.7. The van der Waals surface area contributed by atoms with Crippen molar-refractivity contribution in [2.75, 3.05) is 11.9 Å². The molecule has 142 valence electrons. The quantitative estimate of drug-likeness (QED) is 0.380. The van der Waals surface area contributed by atoms with E-state index >= 15 is 0 Å². The molecule has 2 aromatic heterocycles. The van der Waals surface area contributed by atoms with Gasteiger partial charge in [0.1, 0.15) is 16.5 Å². The Hall–Kier alpha value is -2.72. The summed E-state index contributed by atoms with van der Waals surface area (Å²) in [4.78, 5) is 11.7. The molecule has 1 N–H and O–H groups in total. The molecule has 0 amide bonds. The summed E-state index contributed by atoms with van der Waals surface area (Å²) in [5.74, 6) is 1.89. The molecule has 0 saturated heterocycles. The van der Waals surface area contributed by atoms with E-state index in [1.807, 2.05) is 0 Å². The van der Waals surface area contributed by atoms with Gasteiger partial charge in [-0.3, -0.25) is 0 Å². The third-order valence-corrected chi connectivity index (χ3v) is 5.82. The lowest BCUT2D eigenvalue weighted by atomic mass is 10.0. The van der Waals surface area contributed by atoms with E-state index in [2.05, 4.69) is 84.8 Å². The Morgan fingerprint density at radius 1 is 0.929 bits per heavy atom. The first kappa shape index (κ1) is 18.6. The molecule has 0 unspecified atom stereocenters. The van der Waals surface area contributed by atoms with Crippen LogP contribution in [0, 0.1) is 6.92 Å². The van der Waals surface area contributed by atoms with Gasteiger partial charge in [0.25, 0.3) is 0 Å². The maximum Gasteiger partial charge on any atom is 0.138 e. The van der Waals surface area contributed by atoms with Gasteiger partial charge in [-0.15, -0.1) is 11.3 Å². The van der Waals surface area contributed by atoms with Crippen molar-refractivity contribution < 1.29 is 0 Å². The number of aryl methyl sites for hydroxylation is 3. The average Bonchev–Trinajstić information content (AvgIpc) is 3.12. The fourth-order valence-corrected chi connectivity index (χ4v) is 4.27. The van der Waals surface area contributed by atoms with Crippen LogP contribution in [0.15, 0.2) is 60.7 Å². The highest BCUT2D eigenvalue weighted by Gasteiger charge is 2.09. The Bertz CT molecular complexity index is 1050. The van der Waals surface area contributed by atoms with Gasteiger partial charge in [-0.25, -0.2) is 9.97 Å². The van der Waals surface area contributed by atoms with E-state index in [-0.39, 0.29) is 0 Å². The van der Waals surface area contributed by atoms with Crippen molar-refractivity contribution in [1.29, 1.82) is 0 Å². The normalized spacial score (nSPS) is 11.1. The number of rotatable bonds is 7. The monoisotopic (exact) mass is 387 g/mol. The number of benzene rings is 2. The lowest BCUT2D eigenvalue weighted by Gasteiger charge is -2.09. The predicted octanol–water partition coefficient (Wildman–Crippen LogP) is 6.27. The summed E-state index contributed by atoms with van der Waals surface area (Å²) in [6.07, 6.45) is 2.98. The van der Waals surface area contributed by atoms with Crippen LogP contribution in [-0.2, 0) is 12.8 Å².